The molecule has 0 amide bonds. The highest BCUT2D eigenvalue weighted by Crippen LogP contribution is 2.68. The fourth-order valence-corrected chi connectivity index (χ4v) is 3.83. The fourth-order valence-electron chi connectivity index (χ4n) is 3.83. The molecule has 2 saturated carbocycles. The first kappa shape index (κ1) is 15.2. The molecule has 1 aromatic rings. The Balaban J connectivity index is 1.87. The van der Waals surface area contributed by atoms with Crippen LogP contribution in [-0.2, 0) is 4.79 Å². The molecular formula is C17H22N2O3. The molecule has 22 heavy (non-hydrogen) atoms. The van der Waals surface area contributed by atoms with Gasteiger partial charge in [0.15, 0.2) is 11.5 Å². The van der Waals surface area contributed by atoms with Crippen molar-refractivity contribution in [1.29, 1.82) is 0 Å². The van der Waals surface area contributed by atoms with Crippen LogP contribution in [0.1, 0.15) is 32.8 Å². The van der Waals surface area contributed by atoms with Gasteiger partial charge in [-0.1, -0.05) is 13.8 Å². The molecule has 5 heteroatoms. The van der Waals surface area contributed by atoms with Crippen LogP contribution >= 0.6 is 0 Å². The van der Waals surface area contributed by atoms with Crippen molar-refractivity contribution in [2.75, 3.05) is 5.32 Å². The number of allylic oxidation sites excluding steroid dienone is 2. The van der Waals surface area contributed by atoms with Crippen molar-refractivity contribution in [2.24, 2.45) is 17.3 Å². The number of carbonyl (C=O) groups is 1. The highest BCUT2D eigenvalue weighted by molar-refractivity contribution is 6.01. The lowest BCUT2D eigenvalue weighted by Gasteiger charge is -2.17. The van der Waals surface area contributed by atoms with E-state index in [1.807, 2.05) is 13.8 Å². The summed E-state index contributed by atoms with van der Waals surface area (Å²) in [4.78, 5) is 12.2. The van der Waals surface area contributed by atoms with E-state index in [0.717, 1.165) is 22.5 Å². The Bertz CT molecular complexity index is 676. The molecule has 3 N–H and O–H groups in total. The second-order valence-electron chi connectivity index (χ2n) is 7.03. The second-order valence-corrected chi connectivity index (χ2v) is 7.03. The highest BCUT2D eigenvalue weighted by atomic mass is 16.8. The minimum absolute atomic E-state index is 0.231. The number of fused-ring (bicyclic) bond motifs is 1. The van der Waals surface area contributed by atoms with Crippen LogP contribution in [0.2, 0.25) is 0 Å². The Morgan fingerprint density at radius 3 is 2.68 bits per heavy atom. The molecule has 0 bridgehead atoms. The molecule has 0 aromatic heterocycles. The van der Waals surface area contributed by atoms with Gasteiger partial charge in [0.25, 0.3) is 0 Å². The summed E-state index contributed by atoms with van der Waals surface area (Å²) in [5.41, 5.74) is 4.04. The van der Waals surface area contributed by atoms with E-state index in [2.05, 4.69) is 19.2 Å². The van der Waals surface area contributed by atoms with Crippen molar-refractivity contribution in [3.05, 3.63) is 40.2 Å². The van der Waals surface area contributed by atoms with Crippen molar-refractivity contribution in [2.45, 2.75) is 34.1 Å². The number of rotatable bonds is 3. The van der Waals surface area contributed by atoms with E-state index >= 15 is 0 Å². The first-order valence-electron chi connectivity index (χ1n) is 7.58. The molecule has 1 unspecified atom stereocenters. The number of nitrogens with one attached hydrogen (secondary N) is 2. The van der Waals surface area contributed by atoms with Crippen molar-refractivity contribution in [3.8, 4) is 0 Å². The summed E-state index contributed by atoms with van der Waals surface area (Å²) in [5.74, 6) is 1.10. The second kappa shape index (κ2) is 4.91. The summed E-state index contributed by atoms with van der Waals surface area (Å²) >= 11 is 0. The van der Waals surface area contributed by atoms with Crippen molar-refractivity contribution < 1.29 is 15.2 Å². The van der Waals surface area contributed by atoms with Crippen LogP contribution in [0.15, 0.2) is 29.5 Å². The third-order valence-electron chi connectivity index (χ3n) is 5.27. The van der Waals surface area contributed by atoms with E-state index in [0.29, 0.717) is 18.3 Å². The van der Waals surface area contributed by atoms with Crippen LogP contribution in [0.25, 0.3) is 0 Å². The van der Waals surface area contributed by atoms with Crippen LogP contribution in [0, 0.1) is 29.4 Å². The number of hydrogen-bond acceptors (Lipinski definition) is 4. The van der Waals surface area contributed by atoms with E-state index in [1.165, 1.54) is 0 Å². The zero-order valence-corrected chi connectivity index (χ0v) is 13.4. The molecule has 118 valence electrons. The van der Waals surface area contributed by atoms with E-state index in [-0.39, 0.29) is 16.9 Å². The quantitative estimate of drug-likeness (QED) is 0.591. The monoisotopic (exact) mass is 302 g/mol. The molecule has 3 rings (SSSR count). The molecule has 2 aliphatic carbocycles. The number of carbonyl (C=O) groups excluding carboxylic acids is 1. The number of benzene rings is 1. The Labute approximate surface area is 130 Å². The SMILES string of the molecule is C/C(Nc1ccc([NH+]([O-])O)cc1C)=C1/C(=O)C[C@@H]2[C@H]1C2(C)C. The molecule has 3 atom stereocenters. The van der Waals surface area contributed by atoms with Crippen LogP contribution < -0.4 is 10.5 Å². The molecule has 1 aromatic carbocycles. The number of ketones is 1. The maximum Gasteiger partial charge on any atom is 0.164 e. The number of aryl methyl sites for hydroxylation is 1. The van der Waals surface area contributed by atoms with Gasteiger partial charge in [0.1, 0.15) is 0 Å². The summed E-state index contributed by atoms with van der Waals surface area (Å²) in [5, 5.41) is 22.4. The van der Waals surface area contributed by atoms with Crippen molar-refractivity contribution >= 4 is 17.2 Å². The summed E-state index contributed by atoms with van der Waals surface area (Å²) < 4.78 is 0. The first-order valence-corrected chi connectivity index (χ1v) is 7.58. The zero-order valence-electron chi connectivity index (χ0n) is 13.4. The fraction of sp³-hybridized carbons (Fsp3) is 0.471. The number of Topliss-reactive ketones (excluding diaryl/α,β-unsaturated/α-hetero) is 1. The number of quaternary nitrogens is 1. The standard InChI is InChI=1S/C17H22N2O3/c1-9-7-11(19(21)22)5-6-13(9)18-10(2)15-14(20)8-12-16(15)17(12,3)4/h5-7,12,16,18-19,21H,8H2,1-4H3/b15-10+/t12-,16-/m1/s1. The number of hydrogen-bond donors (Lipinski definition) is 3. The number of anilines is 1. The summed E-state index contributed by atoms with van der Waals surface area (Å²) in [6, 6.07) is 4.98. The minimum Gasteiger partial charge on any atom is -0.595 e. The Kier molecular flexibility index (Phi) is 3.40. The van der Waals surface area contributed by atoms with Crippen molar-refractivity contribution in [1.82, 2.24) is 0 Å². The maximum atomic E-state index is 12.2. The Morgan fingerprint density at radius 2 is 2.14 bits per heavy atom. The van der Waals surface area contributed by atoms with E-state index in [4.69, 9.17) is 5.21 Å². The topological polar surface area (TPSA) is 76.8 Å². The molecule has 0 spiro atoms. The molecule has 0 aliphatic heterocycles. The van der Waals surface area contributed by atoms with Gasteiger partial charge in [-0.25, -0.2) is 5.21 Å². The van der Waals surface area contributed by atoms with Gasteiger partial charge in [-0.2, -0.15) is 5.23 Å². The summed E-state index contributed by atoms with van der Waals surface area (Å²) in [6.45, 7) is 8.24. The molecule has 0 heterocycles. The lowest BCUT2D eigenvalue weighted by molar-refractivity contribution is -0.991. The Morgan fingerprint density at radius 1 is 1.45 bits per heavy atom. The van der Waals surface area contributed by atoms with Crippen LogP contribution in [0.4, 0.5) is 11.4 Å². The minimum atomic E-state index is -0.932. The molecular weight excluding hydrogens is 280 g/mol. The smallest absolute Gasteiger partial charge is 0.164 e. The molecule has 2 fully saturated rings. The van der Waals surface area contributed by atoms with Gasteiger partial charge < -0.3 is 10.5 Å². The van der Waals surface area contributed by atoms with Gasteiger partial charge in [0.05, 0.1) is 0 Å². The molecule has 5 nitrogen and oxygen atoms in total. The van der Waals surface area contributed by atoms with Crippen LogP contribution in [0.5, 0.6) is 0 Å². The van der Waals surface area contributed by atoms with E-state index < -0.39 is 5.23 Å². The van der Waals surface area contributed by atoms with Gasteiger partial charge in [-0.3, -0.25) is 4.79 Å². The average molecular weight is 302 g/mol. The predicted octanol–water partition coefficient (Wildman–Crippen LogP) is 2.33. The third kappa shape index (κ3) is 2.26. The lowest BCUT2D eigenvalue weighted by atomic mass is 9.95. The summed E-state index contributed by atoms with van der Waals surface area (Å²) in [7, 11) is 0. The van der Waals surface area contributed by atoms with Gasteiger partial charge in [-0.05, 0) is 42.7 Å². The van der Waals surface area contributed by atoms with Crippen molar-refractivity contribution in [3.63, 3.8) is 0 Å². The van der Waals surface area contributed by atoms with Gasteiger partial charge in [0, 0.05) is 35.5 Å². The highest BCUT2D eigenvalue weighted by Gasteiger charge is 2.65. The molecule has 0 saturated heterocycles. The maximum absolute atomic E-state index is 12.2. The van der Waals surface area contributed by atoms with E-state index in [1.54, 1.807) is 18.2 Å². The lowest BCUT2D eigenvalue weighted by Crippen LogP contribution is -2.99. The van der Waals surface area contributed by atoms with Crippen LogP contribution in [-0.4, -0.2) is 11.0 Å². The van der Waals surface area contributed by atoms with Gasteiger partial charge >= 0.3 is 0 Å². The van der Waals surface area contributed by atoms with Crippen LogP contribution in [0.3, 0.4) is 0 Å². The third-order valence-corrected chi connectivity index (χ3v) is 5.27. The van der Waals surface area contributed by atoms with E-state index in [9.17, 15) is 10.0 Å². The zero-order chi connectivity index (χ0) is 16.2. The predicted molar refractivity (Wildman–Crippen MR) is 83.7 cm³/mol. The molecule has 2 aliphatic rings. The van der Waals surface area contributed by atoms with Gasteiger partial charge in [-0.15, -0.1) is 0 Å². The van der Waals surface area contributed by atoms with Gasteiger partial charge in [0.2, 0.25) is 0 Å². The normalized spacial score (nSPS) is 29.1. The molecule has 0 radical (unpaired) electrons. The average Bonchev–Trinajstić information content (AvgIpc) is 2.80. The first-order chi connectivity index (χ1) is 10.2. The largest absolute Gasteiger partial charge is 0.595 e. The Hall–Kier alpha value is -1.69. The summed E-state index contributed by atoms with van der Waals surface area (Å²) in [6.07, 6.45) is 0.656.